The summed E-state index contributed by atoms with van der Waals surface area (Å²) in [6.07, 6.45) is 1.96. The van der Waals surface area contributed by atoms with Gasteiger partial charge in [0.05, 0.1) is 18.2 Å². The number of ether oxygens (including phenoxy) is 1. The van der Waals surface area contributed by atoms with Gasteiger partial charge < -0.3 is 9.84 Å². The normalized spacial score (nSPS) is 17.3. The highest BCUT2D eigenvalue weighted by Gasteiger charge is 2.21. The van der Waals surface area contributed by atoms with Crippen molar-refractivity contribution in [1.29, 1.82) is 0 Å². The Morgan fingerprint density at radius 2 is 2.12 bits per heavy atom. The lowest BCUT2D eigenvalue weighted by Crippen LogP contribution is -2.21. The molecular formula is C12H18N2O3. The third-order valence-corrected chi connectivity index (χ3v) is 3.34. The van der Waals surface area contributed by atoms with Crippen LogP contribution in [0.4, 0.5) is 0 Å². The summed E-state index contributed by atoms with van der Waals surface area (Å²) in [5.41, 5.74) is 2.66. The Morgan fingerprint density at radius 3 is 2.71 bits per heavy atom. The minimum atomic E-state index is -0.803. The molecule has 1 fully saturated rings. The highest BCUT2D eigenvalue weighted by Crippen LogP contribution is 2.25. The van der Waals surface area contributed by atoms with Gasteiger partial charge in [-0.15, -0.1) is 0 Å². The maximum atomic E-state index is 10.8. The molecule has 1 aromatic rings. The summed E-state index contributed by atoms with van der Waals surface area (Å²) in [6, 6.07) is 0.352. The summed E-state index contributed by atoms with van der Waals surface area (Å²) in [7, 11) is 0. The quantitative estimate of drug-likeness (QED) is 0.866. The number of aromatic nitrogens is 2. The number of nitrogens with zero attached hydrogens (tertiary/aromatic N) is 2. The fraction of sp³-hybridized carbons (Fsp3) is 0.667. The van der Waals surface area contributed by atoms with Crippen molar-refractivity contribution in [3.8, 4) is 0 Å². The zero-order chi connectivity index (χ0) is 12.4. The first-order chi connectivity index (χ1) is 8.09. The molecule has 1 saturated heterocycles. The molecule has 5 nitrogen and oxygen atoms in total. The third-order valence-electron chi connectivity index (χ3n) is 3.34. The lowest BCUT2D eigenvalue weighted by atomic mass is 10.1. The summed E-state index contributed by atoms with van der Waals surface area (Å²) in [4.78, 5) is 10.8. The lowest BCUT2D eigenvalue weighted by molar-refractivity contribution is -0.136. The van der Waals surface area contributed by atoms with Crippen molar-refractivity contribution in [3.63, 3.8) is 0 Å². The molecule has 1 aliphatic rings. The van der Waals surface area contributed by atoms with Crippen molar-refractivity contribution in [3.05, 3.63) is 17.0 Å². The predicted molar refractivity (Wildman–Crippen MR) is 62.1 cm³/mol. The second-order valence-electron chi connectivity index (χ2n) is 4.51. The minimum Gasteiger partial charge on any atom is -0.481 e. The minimum absolute atomic E-state index is 0.0564. The van der Waals surface area contributed by atoms with Crippen LogP contribution in [-0.2, 0) is 16.0 Å². The number of carbonyl (C=O) groups is 1. The van der Waals surface area contributed by atoms with Crippen molar-refractivity contribution in [2.75, 3.05) is 13.2 Å². The smallest absolute Gasteiger partial charge is 0.307 e. The van der Waals surface area contributed by atoms with E-state index in [0.29, 0.717) is 6.04 Å². The van der Waals surface area contributed by atoms with E-state index in [4.69, 9.17) is 9.84 Å². The molecule has 5 heteroatoms. The third kappa shape index (κ3) is 2.49. The Bertz CT molecular complexity index is 420. The molecule has 1 N–H and O–H groups in total. The first kappa shape index (κ1) is 12.1. The van der Waals surface area contributed by atoms with Crippen molar-refractivity contribution in [1.82, 2.24) is 9.78 Å². The van der Waals surface area contributed by atoms with Crippen molar-refractivity contribution < 1.29 is 14.6 Å². The molecule has 0 spiro atoms. The van der Waals surface area contributed by atoms with Crippen LogP contribution in [0.2, 0.25) is 0 Å². The number of hydrogen-bond donors (Lipinski definition) is 1. The van der Waals surface area contributed by atoms with Gasteiger partial charge in [0.15, 0.2) is 0 Å². The Hall–Kier alpha value is -1.36. The molecule has 94 valence electrons. The predicted octanol–water partition coefficient (Wildman–Crippen LogP) is 1.48. The zero-order valence-corrected chi connectivity index (χ0v) is 10.3. The van der Waals surface area contributed by atoms with Crippen molar-refractivity contribution in [2.45, 2.75) is 39.2 Å². The second-order valence-corrected chi connectivity index (χ2v) is 4.51. The van der Waals surface area contributed by atoms with E-state index < -0.39 is 5.97 Å². The topological polar surface area (TPSA) is 64.4 Å². The SMILES string of the molecule is Cc1nn(C2CCOCC2)c(C)c1CC(=O)O. The van der Waals surface area contributed by atoms with Crippen LogP contribution in [0.1, 0.15) is 35.8 Å². The first-order valence-electron chi connectivity index (χ1n) is 5.93. The van der Waals surface area contributed by atoms with Gasteiger partial charge in [-0.05, 0) is 26.7 Å². The molecule has 0 bridgehead atoms. The van der Waals surface area contributed by atoms with Crippen molar-refractivity contribution >= 4 is 5.97 Å². The van der Waals surface area contributed by atoms with Gasteiger partial charge >= 0.3 is 5.97 Å². The number of aliphatic carboxylic acids is 1. The van der Waals surface area contributed by atoms with Crippen LogP contribution in [0, 0.1) is 13.8 Å². The van der Waals surface area contributed by atoms with Crippen LogP contribution < -0.4 is 0 Å². The lowest BCUT2D eigenvalue weighted by Gasteiger charge is -2.23. The largest absolute Gasteiger partial charge is 0.481 e. The molecular weight excluding hydrogens is 220 g/mol. The Kier molecular flexibility index (Phi) is 3.47. The average molecular weight is 238 g/mol. The molecule has 17 heavy (non-hydrogen) atoms. The highest BCUT2D eigenvalue weighted by molar-refractivity contribution is 5.70. The number of aryl methyl sites for hydroxylation is 1. The van der Waals surface area contributed by atoms with Gasteiger partial charge in [0.2, 0.25) is 0 Å². The van der Waals surface area contributed by atoms with Gasteiger partial charge in [-0.1, -0.05) is 0 Å². The molecule has 0 aliphatic carbocycles. The zero-order valence-electron chi connectivity index (χ0n) is 10.3. The van der Waals surface area contributed by atoms with E-state index in [1.165, 1.54) is 0 Å². The molecule has 0 atom stereocenters. The molecule has 0 saturated carbocycles. The van der Waals surface area contributed by atoms with Gasteiger partial charge in [0.1, 0.15) is 0 Å². The molecule has 0 radical (unpaired) electrons. The van der Waals surface area contributed by atoms with E-state index in [0.717, 1.165) is 43.0 Å². The summed E-state index contributed by atoms with van der Waals surface area (Å²) < 4.78 is 7.31. The molecule has 0 unspecified atom stereocenters. The fourth-order valence-corrected chi connectivity index (χ4v) is 2.39. The van der Waals surface area contributed by atoms with Crippen LogP contribution in [-0.4, -0.2) is 34.1 Å². The van der Waals surface area contributed by atoms with Gasteiger partial charge in [-0.3, -0.25) is 9.48 Å². The van der Waals surface area contributed by atoms with Gasteiger partial charge in [0.25, 0.3) is 0 Å². The van der Waals surface area contributed by atoms with E-state index in [-0.39, 0.29) is 6.42 Å². The number of hydrogen-bond acceptors (Lipinski definition) is 3. The monoisotopic (exact) mass is 238 g/mol. The van der Waals surface area contributed by atoms with Crippen LogP contribution in [0.25, 0.3) is 0 Å². The van der Waals surface area contributed by atoms with E-state index in [1.54, 1.807) is 0 Å². The van der Waals surface area contributed by atoms with E-state index in [1.807, 2.05) is 18.5 Å². The standard InChI is InChI=1S/C12H18N2O3/c1-8-11(7-12(15)16)9(2)14(13-8)10-3-5-17-6-4-10/h10H,3-7H2,1-2H3,(H,15,16). The maximum absolute atomic E-state index is 10.8. The number of carboxylic acids is 1. The highest BCUT2D eigenvalue weighted by atomic mass is 16.5. The first-order valence-corrected chi connectivity index (χ1v) is 5.93. The maximum Gasteiger partial charge on any atom is 0.307 e. The molecule has 2 rings (SSSR count). The molecule has 1 aromatic heterocycles. The molecule has 0 aromatic carbocycles. The van der Waals surface area contributed by atoms with Crippen molar-refractivity contribution in [2.24, 2.45) is 0 Å². The summed E-state index contributed by atoms with van der Waals surface area (Å²) in [6.45, 7) is 5.35. The van der Waals surface area contributed by atoms with E-state index >= 15 is 0 Å². The number of carboxylic acid groups (broad SMARTS) is 1. The summed E-state index contributed by atoms with van der Waals surface area (Å²) in [5, 5.41) is 13.4. The Morgan fingerprint density at radius 1 is 1.47 bits per heavy atom. The second kappa shape index (κ2) is 4.87. The van der Waals surface area contributed by atoms with Crippen LogP contribution in [0.5, 0.6) is 0 Å². The van der Waals surface area contributed by atoms with Gasteiger partial charge in [-0.25, -0.2) is 0 Å². The average Bonchev–Trinajstić information content (AvgIpc) is 2.58. The number of rotatable bonds is 3. The van der Waals surface area contributed by atoms with Crippen LogP contribution in [0.3, 0.4) is 0 Å². The van der Waals surface area contributed by atoms with Crippen LogP contribution >= 0.6 is 0 Å². The fourth-order valence-electron chi connectivity index (χ4n) is 2.39. The molecule has 0 amide bonds. The summed E-state index contributed by atoms with van der Waals surface area (Å²) >= 11 is 0. The van der Waals surface area contributed by atoms with Gasteiger partial charge in [0, 0.05) is 24.5 Å². The van der Waals surface area contributed by atoms with Crippen LogP contribution in [0.15, 0.2) is 0 Å². The Labute approximate surface area is 100 Å². The molecule has 2 heterocycles. The van der Waals surface area contributed by atoms with E-state index in [2.05, 4.69) is 5.10 Å². The Balaban J connectivity index is 2.26. The summed E-state index contributed by atoms with van der Waals surface area (Å²) in [5.74, 6) is -0.803. The van der Waals surface area contributed by atoms with Gasteiger partial charge in [-0.2, -0.15) is 5.10 Å². The molecule has 1 aliphatic heterocycles. The van der Waals surface area contributed by atoms with E-state index in [9.17, 15) is 4.79 Å².